The van der Waals surface area contributed by atoms with E-state index in [1.165, 1.54) is 4.57 Å². The molecule has 6 heteroatoms. The summed E-state index contributed by atoms with van der Waals surface area (Å²) in [6.07, 6.45) is 2.57. The molecule has 1 unspecified atom stereocenters. The number of aliphatic hydroxyl groups is 1. The van der Waals surface area contributed by atoms with Crippen molar-refractivity contribution in [3.63, 3.8) is 0 Å². The maximum absolute atomic E-state index is 12.4. The highest BCUT2D eigenvalue weighted by Gasteiger charge is 2.09. The van der Waals surface area contributed by atoms with Gasteiger partial charge in [0.25, 0.3) is 5.56 Å². The highest BCUT2D eigenvalue weighted by atomic mass is 16.3. The van der Waals surface area contributed by atoms with Crippen LogP contribution in [0.15, 0.2) is 53.5 Å². The van der Waals surface area contributed by atoms with Crippen LogP contribution in [-0.4, -0.2) is 28.4 Å². The Labute approximate surface area is 141 Å². The van der Waals surface area contributed by atoms with Crippen LogP contribution >= 0.6 is 0 Å². The zero-order valence-electron chi connectivity index (χ0n) is 13.7. The standard InChI is InChI=1S/C18H23N3O3/c1-2-7-15(22)12-19-18(24)20-16-10-6-11-21(17(16)23)13-14-8-4-3-5-9-14/h3-6,8-11,15,22H,2,7,12-13H2,1H3,(H2,19,20,24). The second-order valence-corrected chi connectivity index (χ2v) is 5.62. The van der Waals surface area contributed by atoms with Crippen molar-refractivity contribution in [3.8, 4) is 0 Å². The first-order chi connectivity index (χ1) is 11.6. The highest BCUT2D eigenvalue weighted by molar-refractivity contribution is 5.88. The van der Waals surface area contributed by atoms with Crippen molar-refractivity contribution in [2.75, 3.05) is 11.9 Å². The van der Waals surface area contributed by atoms with Crippen molar-refractivity contribution in [1.29, 1.82) is 0 Å². The smallest absolute Gasteiger partial charge is 0.319 e. The monoisotopic (exact) mass is 329 g/mol. The summed E-state index contributed by atoms with van der Waals surface area (Å²) in [6, 6.07) is 12.4. The normalized spacial score (nSPS) is 11.8. The van der Waals surface area contributed by atoms with Gasteiger partial charge in [-0.1, -0.05) is 43.7 Å². The molecule has 0 saturated heterocycles. The molecule has 128 valence electrons. The average molecular weight is 329 g/mol. The van der Waals surface area contributed by atoms with Crippen molar-refractivity contribution in [1.82, 2.24) is 9.88 Å². The molecule has 6 nitrogen and oxygen atoms in total. The van der Waals surface area contributed by atoms with Gasteiger partial charge in [0.2, 0.25) is 0 Å². The number of urea groups is 1. The number of nitrogens with one attached hydrogen (secondary N) is 2. The fourth-order valence-electron chi connectivity index (χ4n) is 2.35. The molecule has 2 rings (SSSR count). The molecular weight excluding hydrogens is 306 g/mol. The first-order valence-electron chi connectivity index (χ1n) is 8.06. The summed E-state index contributed by atoms with van der Waals surface area (Å²) in [5.41, 5.74) is 0.936. The number of aromatic nitrogens is 1. The minimum absolute atomic E-state index is 0.157. The molecule has 1 atom stereocenters. The second-order valence-electron chi connectivity index (χ2n) is 5.62. The van der Waals surface area contributed by atoms with E-state index >= 15 is 0 Å². The van der Waals surface area contributed by atoms with Gasteiger partial charge in [-0.05, 0) is 24.1 Å². The first kappa shape index (κ1) is 17.7. The number of pyridine rings is 1. The second kappa shape index (κ2) is 8.88. The number of carbonyl (C=O) groups is 1. The van der Waals surface area contributed by atoms with Crippen molar-refractivity contribution in [2.24, 2.45) is 0 Å². The van der Waals surface area contributed by atoms with Gasteiger partial charge < -0.3 is 20.3 Å². The van der Waals surface area contributed by atoms with Gasteiger partial charge in [-0.2, -0.15) is 0 Å². The van der Waals surface area contributed by atoms with Gasteiger partial charge in [-0.25, -0.2) is 4.79 Å². The highest BCUT2D eigenvalue weighted by Crippen LogP contribution is 2.04. The lowest BCUT2D eigenvalue weighted by Gasteiger charge is -2.12. The lowest BCUT2D eigenvalue weighted by Crippen LogP contribution is -2.37. The Morgan fingerprint density at radius 1 is 1.21 bits per heavy atom. The first-order valence-corrected chi connectivity index (χ1v) is 8.06. The third kappa shape index (κ3) is 5.24. The van der Waals surface area contributed by atoms with Gasteiger partial charge in [0.05, 0.1) is 12.6 Å². The van der Waals surface area contributed by atoms with Crippen molar-refractivity contribution in [2.45, 2.75) is 32.4 Å². The van der Waals surface area contributed by atoms with E-state index in [1.54, 1.807) is 18.3 Å². The fourth-order valence-corrected chi connectivity index (χ4v) is 2.35. The summed E-state index contributed by atoms with van der Waals surface area (Å²) in [5, 5.41) is 14.7. The number of aliphatic hydroxyl groups excluding tert-OH is 1. The van der Waals surface area contributed by atoms with E-state index in [2.05, 4.69) is 10.6 Å². The lowest BCUT2D eigenvalue weighted by molar-refractivity contribution is 0.162. The molecule has 0 saturated carbocycles. The van der Waals surface area contributed by atoms with Gasteiger partial charge in [-0.3, -0.25) is 4.79 Å². The van der Waals surface area contributed by atoms with Crippen LogP contribution in [0.5, 0.6) is 0 Å². The average Bonchev–Trinajstić information content (AvgIpc) is 2.58. The predicted octanol–water partition coefficient (Wildman–Crippen LogP) is 2.18. The van der Waals surface area contributed by atoms with Crippen molar-refractivity contribution >= 4 is 11.7 Å². The number of nitrogens with zero attached hydrogens (tertiary/aromatic N) is 1. The quantitative estimate of drug-likeness (QED) is 0.728. The van der Waals surface area contributed by atoms with Gasteiger partial charge in [0.1, 0.15) is 5.69 Å². The molecule has 0 radical (unpaired) electrons. The molecule has 0 fully saturated rings. The maximum Gasteiger partial charge on any atom is 0.319 e. The molecule has 1 heterocycles. The van der Waals surface area contributed by atoms with E-state index in [1.807, 2.05) is 37.3 Å². The Morgan fingerprint density at radius 2 is 1.96 bits per heavy atom. The SMILES string of the molecule is CCCC(O)CNC(=O)Nc1cccn(Cc2ccccc2)c1=O. The summed E-state index contributed by atoms with van der Waals surface area (Å²) in [5.74, 6) is 0. The van der Waals surface area contributed by atoms with Crippen molar-refractivity contribution in [3.05, 3.63) is 64.6 Å². The molecule has 24 heavy (non-hydrogen) atoms. The van der Waals surface area contributed by atoms with E-state index < -0.39 is 12.1 Å². The van der Waals surface area contributed by atoms with E-state index in [0.717, 1.165) is 12.0 Å². The van der Waals surface area contributed by atoms with Crippen LogP contribution in [0.25, 0.3) is 0 Å². The molecular formula is C18H23N3O3. The van der Waals surface area contributed by atoms with Gasteiger partial charge in [0, 0.05) is 12.7 Å². The zero-order chi connectivity index (χ0) is 17.4. The number of carbonyl (C=O) groups excluding carboxylic acids is 1. The van der Waals surface area contributed by atoms with Crippen LogP contribution in [0.2, 0.25) is 0 Å². The maximum atomic E-state index is 12.4. The minimum atomic E-state index is -0.578. The summed E-state index contributed by atoms with van der Waals surface area (Å²) in [7, 11) is 0. The number of anilines is 1. The van der Waals surface area contributed by atoms with E-state index in [4.69, 9.17) is 0 Å². The molecule has 2 amide bonds. The van der Waals surface area contributed by atoms with Crippen LogP contribution < -0.4 is 16.2 Å². The molecule has 0 aliphatic heterocycles. The number of hydrogen-bond donors (Lipinski definition) is 3. The molecule has 0 spiro atoms. The Balaban J connectivity index is 2.00. The lowest BCUT2D eigenvalue weighted by atomic mass is 10.2. The zero-order valence-corrected chi connectivity index (χ0v) is 13.7. The molecule has 0 aliphatic rings. The third-order valence-corrected chi connectivity index (χ3v) is 3.58. The molecule has 1 aromatic carbocycles. The van der Waals surface area contributed by atoms with Crippen LogP contribution in [0, 0.1) is 0 Å². The predicted molar refractivity (Wildman–Crippen MR) is 94.2 cm³/mol. The van der Waals surface area contributed by atoms with Gasteiger partial charge >= 0.3 is 6.03 Å². The van der Waals surface area contributed by atoms with Gasteiger partial charge in [-0.15, -0.1) is 0 Å². The molecule has 0 aliphatic carbocycles. The number of hydrogen-bond acceptors (Lipinski definition) is 3. The summed E-state index contributed by atoms with van der Waals surface area (Å²) in [6.45, 7) is 2.55. The Kier molecular flexibility index (Phi) is 6.57. The number of benzene rings is 1. The number of amides is 2. The summed E-state index contributed by atoms with van der Waals surface area (Å²) < 4.78 is 1.54. The van der Waals surface area contributed by atoms with E-state index in [0.29, 0.717) is 13.0 Å². The van der Waals surface area contributed by atoms with Crippen LogP contribution in [-0.2, 0) is 6.54 Å². The topological polar surface area (TPSA) is 83.4 Å². The molecule has 0 bridgehead atoms. The summed E-state index contributed by atoms with van der Waals surface area (Å²) >= 11 is 0. The molecule has 2 aromatic rings. The van der Waals surface area contributed by atoms with Gasteiger partial charge in [0.15, 0.2) is 0 Å². The van der Waals surface area contributed by atoms with Crippen LogP contribution in [0.3, 0.4) is 0 Å². The van der Waals surface area contributed by atoms with E-state index in [-0.39, 0.29) is 17.8 Å². The largest absolute Gasteiger partial charge is 0.391 e. The number of rotatable bonds is 7. The third-order valence-electron chi connectivity index (χ3n) is 3.58. The minimum Gasteiger partial charge on any atom is -0.391 e. The Morgan fingerprint density at radius 3 is 2.67 bits per heavy atom. The fraction of sp³-hybridized carbons (Fsp3) is 0.333. The van der Waals surface area contributed by atoms with Crippen LogP contribution in [0.4, 0.5) is 10.5 Å². The van der Waals surface area contributed by atoms with E-state index in [9.17, 15) is 14.7 Å². The summed E-state index contributed by atoms with van der Waals surface area (Å²) in [4.78, 5) is 24.3. The Bertz CT molecular complexity index is 713. The molecule has 3 N–H and O–H groups in total. The molecule has 1 aromatic heterocycles. The Hall–Kier alpha value is -2.60. The van der Waals surface area contributed by atoms with Crippen LogP contribution in [0.1, 0.15) is 25.3 Å². The van der Waals surface area contributed by atoms with Crippen molar-refractivity contribution < 1.29 is 9.90 Å².